The number of unbranched alkanes of at least 4 members (excludes halogenated alkanes) is 23. The molecule has 0 aliphatic carbocycles. The molecule has 2 unspecified atom stereocenters. The molecule has 0 fully saturated rings. The van der Waals surface area contributed by atoms with Crippen molar-refractivity contribution in [3.8, 4) is 0 Å². The highest BCUT2D eigenvalue weighted by Gasteiger charge is 2.26. The molecule has 0 saturated carbocycles. The summed E-state index contributed by atoms with van der Waals surface area (Å²) < 4.78 is 6.53. The molecule has 0 spiro atoms. The van der Waals surface area contributed by atoms with E-state index in [1.807, 2.05) is 27.7 Å². The first kappa shape index (κ1) is 42.7. The van der Waals surface area contributed by atoms with Crippen molar-refractivity contribution >= 4 is 34.3 Å². The summed E-state index contributed by atoms with van der Waals surface area (Å²) in [5.74, 6) is 0.436. The van der Waals surface area contributed by atoms with Crippen LogP contribution in [-0.4, -0.2) is 21.3 Å². The van der Waals surface area contributed by atoms with Crippen LogP contribution in [0.15, 0.2) is 0 Å². The van der Waals surface area contributed by atoms with Gasteiger partial charge in [0, 0.05) is 4.20 Å². The van der Waals surface area contributed by atoms with E-state index < -0.39 is 5.60 Å². The molecule has 0 bridgehead atoms. The van der Waals surface area contributed by atoms with E-state index in [0.717, 1.165) is 17.0 Å². The molecule has 3 nitrogen and oxygen atoms in total. The van der Waals surface area contributed by atoms with Crippen LogP contribution in [0.3, 0.4) is 0 Å². The molecule has 0 rings (SSSR count). The lowest BCUT2D eigenvalue weighted by atomic mass is 9.93. The van der Waals surface area contributed by atoms with Crippen molar-refractivity contribution in [3.05, 3.63) is 0 Å². The zero-order valence-electron chi connectivity index (χ0n) is 29.9. The maximum atomic E-state index is 12.7. The standard InChI is InChI=1S/C38H75NO2S2/c1-7-9-11-13-15-17-19-21-23-25-27-29-31-33-35(36(43-34(3)42)39-37(40)41-38(4,5)6)32-30-28-26-24-22-20-18-16-14-12-10-8-2/h35-36H,7-33H2,1-6H3,(H,39,40). The van der Waals surface area contributed by atoms with E-state index in [4.69, 9.17) is 17.0 Å². The molecule has 5 heteroatoms. The molecule has 0 heterocycles. The van der Waals surface area contributed by atoms with E-state index in [9.17, 15) is 4.79 Å². The number of thioether (sulfide) groups is 1. The van der Waals surface area contributed by atoms with Gasteiger partial charge in [0.25, 0.3) is 0 Å². The van der Waals surface area contributed by atoms with Crippen LogP contribution in [0, 0.1) is 5.92 Å². The molecule has 0 saturated heterocycles. The Morgan fingerprint density at radius 1 is 0.605 bits per heavy atom. The SMILES string of the molecule is CCCCCCCCCCCCCCCC(CCCCCCCCCCCCCC)C(NC(=O)OC(C)(C)C)SC(C)=S. The van der Waals surface area contributed by atoms with Gasteiger partial charge in [0.05, 0.1) is 5.37 Å². The van der Waals surface area contributed by atoms with Crippen LogP contribution in [-0.2, 0) is 4.74 Å². The number of rotatable bonds is 30. The minimum Gasteiger partial charge on any atom is -0.444 e. The third-order valence-corrected chi connectivity index (χ3v) is 9.86. The molecule has 256 valence electrons. The molecule has 0 aromatic carbocycles. The Kier molecular flexibility index (Phi) is 30.2. The summed E-state index contributed by atoms with van der Waals surface area (Å²) in [6.45, 7) is 12.3. The smallest absolute Gasteiger partial charge is 0.408 e. The highest BCUT2D eigenvalue weighted by atomic mass is 32.2. The first-order chi connectivity index (χ1) is 20.7. The zero-order valence-corrected chi connectivity index (χ0v) is 31.5. The molecule has 0 aliphatic heterocycles. The van der Waals surface area contributed by atoms with Crippen molar-refractivity contribution in [1.29, 1.82) is 0 Å². The van der Waals surface area contributed by atoms with Gasteiger partial charge >= 0.3 is 6.09 Å². The van der Waals surface area contributed by atoms with Crippen molar-refractivity contribution in [1.82, 2.24) is 5.32 Å². The third kappa shape index (κ3) is 31.5. The maximum absolute atomic E-state index is 12.7. The minimum atomic E-state index is -0.494. The second-order valence-electron chi connectivity index (χ2n) is 14.1. The van der Waals surface area contributed by atoms with E-state index in [1.54, 1.807) is 11.8 Å². The second kappa shape index (κ2) is 30.4. The summed E-state index contributed by atoms with van der Waals surface area (Å²) in [7, 11) is 0. The van der Waals surface area contributed by atoms with Crippen LogP contribution >= 0.6 is 24.0 Å². The van der Waals surface area contributed by atoms with E-state index in [2.05, 4.69) is 19.2 Å². The summed E-state index contributed by atoms with van der Waals surface area (Å²) in [5, 5.41) is 3.21. The van der Waals surface area contributed by atoms with Crippen LogP contribution in [0.1, 0.15) is 215 Å². The Morgan fingerprint density at radius 3 is 1.19 bits per heavy atom. The predicted molar refractivity (Wildman–Crippen MR) is 199 cm³/mol. The molecule has 0 aliphatic rings. The number of ether oxygens (including phenoxy) is 1. The fraction of sp³-hybridized carbons (Fsp3) is 0.947. The average molecular weight is 642 g/mol. The molecule has 0 radical (unpaired) electrons. The Bertz CT molecular complexity index is 634. The fourth-order valence-corrected chi connectivity index (χ4v) is 7.25. The summed E-state index contributed by atoms with van der Waals surface area (Å²) >= 11 is 7.15. The summed E-state index contributed by atoms with van der Waals surface area (Å²) in [5.41, 5.74) is -0.494. The molecule has 2 atom stereocenters. The van der Waals surface area contributed by atoms with Crippen LogP contribution in [0.5, 0.6) is 0 Å². The van der Waals surface area contributed by atoms with Crippen molar-refractivity contribution in [2.75, 3.05) is 0 Å². The molecule has 0 aromatic rings. The Morgan fingerprint density at radius 2 is 0.907 bits per heavy atom. The lowest BCUT2D eigenvalue weighted by Gasteiger charge is -2.29. The van der Waals surface area contributed by atoms with Gasteiger partial charge in [-0.25, -0.2) is 4.79 Å². The van der Waals surface area contributed by atoms with E-state index in [-0.39, 0.29) is 11.5 Å². The number of amides is 1. The number of carbonyl (C=O) groups excluding carboxylic acids is 1. The van der Waals surface area contributed by atoms with Crippen molar-refractivity contribution in [2.24, 2.45) is 5.92 Å². The van der Waals surface area contributed by atoms with E-state index in [1.165, 1.54) is 161 Å². The molecular formula is C38H75NO2S2. The molecular weight excluding hydrogens is 567 g/mol. The minimum absolute atomic E-state index is 0.00242. The van der Waals surface area contributed by atoms with Crippen LogP contribution in [0.4, 0.5) is 4.79 Å². The monoisotopic (exact) mass is 642 g/mol. The third-order valence-electron chi connectivity index (χ3n) is 8.49. The van der Waals surface area contributed by atoms with Crippen molar-refractivity contribution in [2.45, 2.75) is 226 Å². The normalized spacial score (nSPS) is 13.2. The average Bonchev–Trinajstić information content (AvgIpc) is 2.93. The fourth-order valence-electron chi connectivity index (χ4n) is 5.96. The van der Waals surface area contributed by atoms with E-state index >= 15 is 0 Å². The lowest BCUT2D eigenvalue weighted by Crippen LogP contribution is -2.41. The highest BCUT2D eigenvalue weighted by molar-refractivity contribution is 8.23. The number of hydrogen-bond acceptors (Lipinski definition) is 4. The zero-order chi connectivity index (χ0) is 32.0. The summed E-state index contributed by atoms with van der Waals surface area (Å²) in [6.07, 6.45) is 36.4. The number of thiocarbonyl (C=S) groups is 1. The van der Waals surface area contributed by atoms with Gasteiger partial charge in [-0.3, -0.25) is 0 Å². The lowest BCUT2D eigenvalue weighted by molar-refractivity contribution is 0.0508. The summed E-state index contributed by atoms with van der Waals surface area (Å²) in [6, 6.07) is 0. The van der Waals surface area contributed by atoms with Gasteiger partial charge in [-0.1, -0.05) is 198 Å². The second-order valence-corrected chi connectivity index (χ2v) is 16.4. The Balaban J connectivity index is 4.50. The van der Waals surface area contributed by atoms with Crippen molar-refractivity contribution in [3.63, 3.8) is 0 Å². The number of carbonyl (C=O) groups is 1. The summed E-state index contributed by atoms with van der Waals surface area (Å²) in [4.78, 5) is 12.7. The highest BCUT2D eigenvalue weighted by Crippen LogP contribution is 2.30. The van der Waals surface area contributed by atoms with Crippen LogP contribution in [0.25, 0.3) is 0 Å². The largest absolute Gasteiger partial charge is 0.444 e. The van der Waals surface area contributed by atoms with Gasteiger partial charge in [-0.15, -0.1) is 0 Å². The maximum Gasteiger partial charge on any atom is 0.408 e. The van der Waals surface area contributed by atoms with Gasteiger partial charge in [0.15, 0.2) is 0 Å². The van der Waals surface area contributed by atoms with Crippen LogP contribution < -0.4 is 5.32 Å². The number of nitrogens with one attached hydrogen (secondary N) is 1. The molecule has 43 heavy (non-hydrogen) atoms. The molecule has 0 aromatic heterocycles. The number of alkyl carbamates (subject to hydrolysis) is 1. The van der Waals surface area contributed by atoms with Gasteiger partial charge in [0.1, 0.15) is 5.60 Å². The number of hydrogen-bond donors (Lipinski definition) is 1. The first-order valence-corrected chi connectivity index (χ1v) is 20.1. The quantitative estimate of drug-likeness (QED) is 0.0481. The first-order valence-electron chi connectivity index (χ1n) is 18.9. The Labute approximate surface area is 280 Å². The van der Waals surface area contributed by atoms with Gasteiger partial charge in [0.2, 0.25) is 0 Å². The van der Waals surface area contributed by atoms with Gasteiger partial charge in [-0.05, 0) is 46.5 Å². The van der Waals surface area contributed by atoms with Crippen LogP contribution in [0.2, 0.25) is 0 Å². The van der Waals surface area contributed by atoms with E-state index in [0.29, 0.717) is 5.92 Å². The molecule has 1 N–H and O–H groups in total. The molecule has 1 amide bonds. The van der Waals surface area contributed by atoms with Gasteiger partial charge < -0.3 is 10.1 Å². The van der Waals surface area contributed by atoms with Crippen molar-refractivity contribution < 1.29 is 9.53 Å². The Hall–Kier alpha value is -0.290. The topological polar surface area (TPSA) is 38.3 Å². The van der Waals surface area contributed by atoms with Gasteiger partial charge in [-0.2, -0.15) is 0 Å². The predicted octanol–water partition coefficient (Wildman–Crippen LogP) is 14.1.